The lowest BCUT2D eigenvalue weighted by atomic mass is 9.91. The smallest absolute Gasteiger partial charge is 0.240 e. The minimum absolute atomic E-state index is 0.104. The molecule has 0 atom stereocenters. The Labute approximate surface area is 114 Å². The van der Waals surface area contributed by atoms with E-state index in [-0.39, 0.29) is 11.5 Å². The summed E-state index contributed by atoms with van der Waals surface area (Å²) in [6.07, 6.45) is 3.49. The van der Waals surface area contributed by atoms with E-state index in [1.807, 2.05) is 0 Å². The number of nitrogens with zero attached hydrogens (tertiary/aromatic N) is 1. The van der Waals surface area contributed by atoms with Gasteiger partial charge in [-0.3, -0.25) is 0 Å². The average Bonchev–Trinajstić information content (AvgIpc) is 2.36. The quantitative estimate of drug-likeness (QED) is 0.816. The Morgan fingerprint density at radius 2 is 1.95 bits per heavy atom. The molecule has 106 valence electrons. The lowest BCUT2D eigenvalue weighted by Crippen LogP contribution is -2.41. The van der Waals surface area contributed by atoms with Crippen LogP contribution in [0.1, 0.15) is 19.3 Å². The van der Waals surface area contributed by atoms with Gasteiger partial charge in [0.25, 0.3) is 0 Å². The molecule has 0 unspecified atom stereocenters. The SMILES string of the molecule is CNS(=O)(=O)c1ccc(N(CCO)C2CCC2)cc1. The van der Waals surface area contributed by atoms with Gasteiger partial charge in [-0.2, -0.15) is 0 Å². The summed E-state index contributed by atoms with van der Waals surface area (Å²) in [7, 11) is -1.98. The Morgan fingerprint density at radius 3 is 2.37 bits per heavy atom. The lowest BCUT2D eigenvalue weighted by molar-refractivity contribution is 0.283. The van der Waals surface area contributed by atoms with Crippen LogP contribution in [-0.4, -0.2) is 39.8 Å². The number of benzene rings is 1. The summed E-state index contributed by atoms with van der Waals surface area (Å²) in [5, 5.41) is 9.14. The van der Waals surface area contributed by atoms with Crippen LogP contribution in [0.3, 0.4) is 0 Å². The Morgan fingerprint density at radius 1 is 1.32 bits per heavy atom. The highest BCUT2D eigenvalue weighted by atomic mass is 32.2. The van der Waals surface area contributed by atoms with E-state index in [9.17, 15) is 8.42 Å². The van der Waals surface area contributed by atoms with Crippen molar-refractivity contribution in [1.82, 2.24) is 4.72 Å². The number of nitrogens with one attached hydrogen (secondary N) is 1. The number of aliphatic hydroxyl groups excluding tert-OH is 1. The van der Waals surface area contributed by atoms with Crippen molar-refractivity contribution in [3.05, 3.63) is 24.3 Å². The van der Waals surface area contributed by atoms with Crippen molar-refractivity contribution < 1.29 is 13.5 Å². The highest BCUT2D eigenvalue weighted by molar-refractivity contribution is 7.89. The monoisotopic (exact) mass is 284 g/mol. The van der Waals surface area contributed by atoms with Gasteiger partial charge in [-0.05, 0) is 50.6 Å². The first kappa shape index (κ1) is 14.3. The molecule has 19 heavy (non-hydrogen) atoms. The minimum atomic E-state index is -3.38. The maximum absolute atomic E-state index is 11.6. The third-order valence-corrected chi connectivity index (χ3v) is 5.03. The molecule has 1 fully saturated rings. The molecule has 1 aliphatic carbocycles. The average molecular weight is 284 g/mol. The van der Waals surface area contributed by atoms with Crippen molar-refractivity contribution in [3.63, 3.8) is 0 Å². The van der Waals surface area contributed by atoms with E-state index < -0.39 is 10.0 Å². The van der Waals surface area contributed by atoms with Crippen LogP contribution in [0.5, 0.6) is 0 Å². The van der Waals surface area contributed by atoms with Crippen molar-refractivity contribution in [3.8, 4) is 0 Å². The summed E-state index contributed by atoms with van der Waals surface area (Å²) in [6.45, 7) is 0.690. The lowest BCUT2D eigenvalue weighted by Gasteiger charge is -2.39. The first-order valence-electron chi connectivity index (χ1n) is 6.49. The molecule has 6 heteroatoms. The van der Waals surface area contributed by atoms with E-state index in [4.69, 9.17) is 5.11 Å². The normalized spacial score (nSPS) is 16.1. The summed E-state index contributed by atoms with van der Waals surface area (Å²) >= 11 is 0. The van der Waals surface area contributed by atoms with Gasteiger partial charge in [-0.15, -0.1) is 0 Å². The zero-order chi connectivity index (χ0) is 13.9. The van der Waals surface area contributed by atoms with E-state index >= 15 is 0 Å². The van der Waals surface area contributed by atoms with Crippen LogP contribution >= 0.6 is 0 Å². The molecule has 0 saturated heterocycles. The predicted octanol–water partition coefficient (Wildman–Crippen LogP) is 0.946. The summed E-state index contributed by atoms with van der Waals surface area (Å²) in [5.41, 5.74) is 0.966. The summed E-state index contributed by atoms with van der Waals surface area (Å²) < 4.78 is 25.6. The van der Waals surface area contributed by atoms with Gasteiger partial charge in [0.1, 0.15) is 0 Å². The topological polar surface area (TPSA) is 69.6 Å². The fourth-order valence-corrected chi connectivity index (χ4v) is 2.99. The highest BCUT2D eigenvalue weighted by Crippen LogP contribution is 2.29. The second kappa shape index (κ2) is 5.90. The Hall–Kier alpha value is -1.11. The Kier molecular flexibility index (Phi) is 4.44. The van der Waals surface area contributed by atoms with Gasteiger partial charge in [0.2, 0.25) is 10.0 Å². The first-order chi connectivity index (χ1) is 9.08. The molecule has 2 rings (SSSR count). The molecule has 0 radical (unpaired) electrons. The molecular weight excluding hydrogens is 264 g/mol. The van der Waals surface area contributed by atoms with Crippen LogP contribution in [0.15, 0.2) is 29.2 Å². The minimum Gasteiger partial charge on any atom is -0.395 e. The largest absolute Gasteiger partial charge is 0.395 e. The number of sulfonamides is 1. The van der Waals surface area contributed by atoms with E-state index in [0.29, 0.717) is 12.6 Å². The van der Waals surface area contributed by atoms with Crippen LogP contribution in [-0.2, 0) is 10.0 Å². The zero-order valence-electron chi connectivity index (χ0n) is 11.0. The third-order valence-electron chi connectivity index (χ3n) is 3.60. The van der Waals surface area contributed by atoms with Crippen LogP contribution in [0.2, 0.25) is 0 Å². The van der Waals surface area contributed by atoms with Gasteiger partial charge < -0.3 is 10.0 Å². The number of hydrogen-bond acceptors (Lipinski definition) is 4. The van der Waals surface area contributed by atoms with E-state index in [0.717, 1.165) is 18.5 Å². The van der Waals surface area contributed by atoms with Crippen LogP contribution in [0, 0.1) is 0 Å². The molecule has 0 heterocycles. The number of hydrogen-bond donors (Lipinski definition) is 2. The molecule has 1 aromatic rings. The van der Waals surface area contributed by atoms with Crippen molar-refractivity contribution in [2.45, 2.75) is 30.2 Å². The molecule has 0 bridgehead atoms. The van der Waals surface area contributed by atoms with Gasteiger partial charge in [0, 0.05) is 18.3 Å². The molecule has 0 aliphatic heterocycles. The summed E-state index contributed by atoms with van der Waals surface area (Å²) in [4.78, 5) is 2.41. The number of aliphatic hydroxyl groups is 1. The van der Waals surface area contributed by atoms with Crippen molar-refractivity contribution in [2.75, 3.05) is 25.1 Å². The number of anilines is 1. The number of rotatable bonds is 6. The standard InChI is InChI=1S/C13H20N2O3S/c1-14-19(17,18)13-7-5-12(6-8-13)15(9-10-16)11-3-2-4-11/h5-8,11,14,16H,2-4,9-10H2,1H3. The van der Waals surface area contributed by atoms with Gasteiger partial charge in [0.15, 0.2) is 0 Å². The van der Waals surface area contributed by atoms with Crippen molar-refractivity contribution in [1.29, 1.82) is 0 Å². The maximum Gasteiger partial charge on any atom is 0.240 e. The van der Waals surface area contributed by atoms with Crippen molar-refractivity contribution >= 4 is 15.7 Å². The van der Waals surface area contributed by atoms with Gasteiger partial charge >= 0.3 is 0 Å². The molecule has 1 aromatic carbocycles. The third kappa shape index (κ3) is 3.08. The molecule has 1 saturated carbocycles. The Balaban J connectivity index is 2.20. The first-order valence-corrected chi connectivity index (χ1v) is 7.98. The van der Waals surface area contributed by atoms with E-state index in [1.165, 1.54) is 13.5 Å². The Bertz CT molecular complexity index is 509. The summed E-state index contributed by atoms with van der Waals surface area (Å²) in [6, 6.07) is 7.28. The fourth-order valence-electron chi connectivity index (χ4n) is 2.26. The second-order valence-corrected chi connectivity index (χ2v) is 6.59. The van der Waals surface area contributed by atoms with Gasteiger partial charge in [-0.25, -0.2) is 13.1 Å². The van der Waals surface area contributed by atoms with Crippen LogP contribution in [0.25, 0.3) is 0 Å². The van der Waals surface area contributed by atoms with E-state index in [1.54, 1.807) is 24.3 Å². The maximum atomic E-state index is 11.6. The zero-order valence-corrected chi connectivity index (χ0v) is 11.9. The highest BCUT2D eigenvalue weighted by Gasteiger charge is 2.25. The molecule has 0 aromatic heterocycles. The molecule has 0 spiro atoms. The van der Waals surface area contributed by atoms with Crippen LogP contribution < -0.4 is 9.62 Å². The summed E-state index contributed by atoms with van der Waals surface area (Å²) in [5.74, 6) is 0. The molecule has 0 amide bonds. The predicted molar refractivity (Wildman–Crippen MR) is 74.8 cm³/mol. The fraction of sp³-hybridized carbons (Fsp3) is 0.538. The molecule has 5 nitrogen and oxygen atoms in total. The second-order valence-electron chi connectivity index (χ2n) is 4.70. The molecule has 2 N–H and O–H groups in total. The molecule has 1 aliphatic rings. The van der Waals surface area contributed by atoms with Crippen LogP contribution in [0.4, 0.5) is 5.69 Å². The van der Waals surface area contributed by atoms with E-state index in [2.05, 4.69) is 9.62 Å². The van der Waals surface area contributed by atoms with Crippen molar-refractivity contribution in [2.24, 2.45) is 0 Å². The van der Waals surface area contributed by atoms with Gasteiger partial charge in [-0.1, -0.05) is 0 Å². The molecular formula is C13H20N2O3S. The van der Waals surface area contributed by atoms with Gasteiger partial charge in [0.05, 0.1) is 11.5 Å².